The molecule has 45 heavy (non-hydrogen) atoms. The SMILES string of the molecule is CCOC(=O)Cn1cc(/C=c2/sc3n(c2=O)[C@H](c2ccc(SC)cc2)C(C(=O)OCC)=C(c2ccccc2)N=3)c2ccccc21. The van der Waals surface area contributed by atoms with Crippen LogP contribution in [0, 0.1) is 0 Å². The number of rotatable bonds is 9. The number of aromatic nitrogens is 2. The Hall–Kier alpha value is -4.67. The summed E-state index contributed by atoms with van der Waals surface area (Å²) in [5, 5.41) is 0.897. The van der Waals surface area contributed by atoms with Crippen LogP contribution >= 0.6 is 23.1 Å². The topological polar surface area (TPSA) is 91.9 Å². The third-order valence-electron chi connectivity index (χ3n) is 7.52. The van der Waals surface area contributed by atoms with Crippen LogP contribution in [0.4, 0.5) is 0 Å². The first-order chi connectivity index (χ1) is 21.9. The number of hydrogen-bond donors (Lipinski definition) is 0. The number of benzene rings is 3. The second-order valence-corrected chi connectivity index (χ2v) is 12.1. The van der Waals surface area contributed by atoms with Crippen molar-refractivity contribution in [3.63, 3.8) is 0 Å². The van der Waals surface area contributed by atoms with E-state index in [2.05, 4.69) is 0 Å². The third kappa shape index (κ3) is 5.91. The van der Waals surface area contributed by atoms with Crippen molar-refractivity contribution < 1.29 is 19.1 Å². The van der Waals surface area contributed by atoms with Crippen LogP contribution in [0.2, 0.25) is 0 Å². The lowest BCUT2D eigenvalue weighted by atomic mass is 9.93. The van der Waals surface area contributed by atoms with Crippen LogP contribution in [0.3, 0.4) is 0 Å². The summed E-state index contributed by atoms with van der Waals surface area (Å²) >= 11 is 2.88. The number of carbonyl (C=O) groups excluding carboxylic acids is 2. The van der Waals surface area contributed by atoms with Crippen LogP contribution in [-0.2, 0) is 25.6 Å². The zero-order valence-corrected chi connectivity index (χ0v) is 26.7. The molecule has 0 aliphatic carbocycles. The molecular formula is C35H31N3O5S2. The molecule has 228 valence electrons. The lowest BCUT2D eigenvalue weighted by molar-refractivity contribution is -0.143. The van der Waals surface area contributed by atoms with Crippen molar-refractivity contribution in [2.75, 3.05) is 19.5 Å². The fourth-order valence-corrected chi connectivity index (χ4v) is 6.95. The maximum atomic E-state index is 14.3. The van der Waals surface area contributed by atoms with Gasteiger partial charge in [-0.2, -0.15) is 0 Å². The van der Waals surface area contributed by atoms with Gasteiger partial charge in [-0.1, -0.05) is 72.0 Å². The van der Waals surface area contributed by atoms with Gasteiger partial charge >= 0.3 is 11.9 Å². The molecule has 0 spiro atoms. The van der Waals surface area contributed by atoms with Crippen molar-refractivity contribution in [2.24, 2.45) is 4.99 Å². The van der Waals surface area contributed by atoms with Crippen molar-refractivity contribution in [1.82, 2.24) is 9.13 Å². The van der Waals surface area contributed by atoms with E-state index < -0.39 is 12.0 Å². The molecule has 1 atom stereocenters. The molecule has 10 heteroatoms. The summed E-state index contributed by atoms with van der Waals surface area (Å²) in [5.74, 6) is -0.855. The van der Waals surface area contributed by atoms with Crippen LogP contribution in [0.15, 0.2) is 105 Å². The predicted octanol–water partition coefficient (Wildman–Crippen LogP) is 5.18. The second-order valence-electron chi connectivity index (χ2n) is 10.2. The van der Waals surface area contributed by atoms with Gasteiger partial charge in [0.25, 0.3) is 5.56 Å². The van der Waals surface area contributed by atoms with E-state index >= 15 is 0 Å². The highest BCUT2D eigenvalue weighted by Gasteiger charge is 2.35. The second kappa shape index (κ2) is 13.1. The van der Waals surface area contributed by atoms with Gasteiger partial charge in [0, 0.05) is 33.1 Å². The van der Waals surface area contributed by atoms with Crippen LogP contribution in [-0.4, -0.2) is 40.5 Å². The lowest BCUT2D eigenvalue weighted by Gasteiger charge is -2.26. The van der Waals surface area contributed by atoms with Crippen LogP contribution in [0.5, 0.6) is 0 Å². The molecule has 0 radical (unpaired) electrons. The highest BCUT2D eigenvalue weighted by molar-refractivity contribution is 7.98. The molecule has 3 heterocycles. The Morgan fingerprint density at radius 1 is 0.956 bits per heavy atom. The largest absolute Gasteiger partial charge is 0.465 e. The summed E-state index contributed by atoms with van der Waals surface area (Å²) in [4.78, 5) is 46.8. The third-order valence-corrected chi connectivity index (χ3v) is 9.24. The van der Waals surface area contributed by atoms with Gasteiger partial charge in [-0.25, -0.2) is 9.79 Å². The van der Waals surface area contributed by atoms with Crippen molar-refractivity contribution in [1.29, 1.82) is 0 Å². The van der Waals surface area contributed by atoms with E-state index in [-0.39, 0.29) is 24.7 Å². The smallest absolute Gasteiger partial charge is 0.338 e. The molecule has 0 N–H and O–H groups in total. The molecule has 0 unspecified atom stereocenters. The number of thioether (sulfide) groups is 1. The number of nitrogens with zero attached hydrogens (tertiary/aromatic N) is 3. The molecule has 8 nitrogen and oxygen atoms in total. The maximum Gasteiger partial charge on any atom is 0.338 e. The van der Waals surface area contributed by atoms with Gasteiger partial charge in [-0.15, -0.1) is 11.8 Å². The standard InChI is InChI=1S/C35H31N3O5S2/c1-4-42-29(39)21-37-20-24(26-13-9-10-14-27(26)37)19-28-33(40)38-32(23-15-17-25(44-3)18-16-23)30(34(41)43-5-2)31(36-35(38)45-28)22-11-7-6-8-12-22/h6-20,32H,4-5,21H2,1-3H3/b28-19+/t32-/m1/s1. The van der Waals surface area contributed by atoms with Gasteiger partial charge in [0.1, 0.15) is 6.54 Å². The Morgan fingerprint density at radius 3 is 2.38 bits per heavy atom. The molecule has 0 amide bonds. The Morgan fingerprint density at radius 2 is 1.67 bits per heavy atom. The Labute approximate surface area is 267 Å². The molecule has 0 fully saturated rings. The monoisotopic (exact) mass is 637 g/mol. The number of hydrogen-bond acceptors (Lipinski definition) is 8. The van der Waals surface area contributed by atoms with E-state index in [0.717, 1.165) is 32.5 Å². The Kier molecular flexibility index (Phi) is 8.86. The minimum absolute atomic E-state index is 0.0544. The zero-order chi connectivity index (χ0) is 31.5. The molecule has 0 bridgehead atoms. The summed E-state index contributed by atoms with van der Waals surface area (Å²) in [6, 6.07) is 24.3. The Bertz CT molecular complexity index is 2110. The average Bonchev–Trinajstić information content (AvgIpc) is 3.56. The molecule has 3 aromatic carbocycles. The van der Waals surface area contributed by atoms with Crippen LogP contribution in [0.25, 0.3) is 22.7 Å². The van der Waals surface area contributed by atoms with Crippen molar-refractivity contribution in [3.05, 3.63) is 127 Å². The summed E-state index contributed by atoms with van der Waals surface area (Å²) in [5.41, 5.74) is 3.69. The van der Waals surface area contributed by atoms with Gasteiger partial charge in [0.15, 0.2) is 4.80 Å². The molecule has 1 aliphatic heterocycles. The minimum Gasteiger partial charge on any atom is -0.465 e. The number of thiazole rings is 1. The highest BCUT2D eigenvalue weighted by Crippen LogP contribution is 2.35. The predicted molar refractivity (Wildman–Crippen MR) is 178 cm³/mol. The van der Waals surface area contributed by atoms with E-state index in [4.69, 9.17) is 14.5 Å². The normalized spacial score (nSPS) is 14.7. The van der Waals surface area contributed by atoms with Gasteiger partial charge in [-0.05, 0) is 49.9 Å². The quantitative estimate of drug-likeness (QED) is 0.164. The zero-order valence-electron chi connectivity index (χ0n) is 25.1. The van der Waals surface area contributed by atoms with E-state index in [1.165, 1.54) is 11.3 Å². The fourth-order valence-electron chi connectivity index (χ4n) is 5.55. The number of ether oxygens (including phenoxy) is 2. The van der Waals surface area contributed by atoms with Crippen molar-refractivity contribution in [2.45, 2.75) is 31.3 Å². The number of esters is 2. The minimum atomic E-state index is -0.751. The van der Waals surface area contributed by atoms with E-state index in [0.29, 0.717) is 27.2 Å². The molecule has 0 saturated carbocycles. The summed E-state index contributed by atoms with van der Waals surface area (Å²) in [6.07, 6.45) is 5.69. The average molecular weight is 638 g/mol. The number of fused-ring (bicyclic) bond motifs is 2. The fraction of sp³-hybridized carbons (Fsp3) is 0.200. The first-order valence-electron chi connectivity index (χ1n) is 14.6. The Balaban J connectivity index is 1.59. The van der Waals surface area contributed by atoms with E-state index in [1.807, 2.05) is 102 Å². The van der Waals surface area contributed by atoms with Gasteiger partial charge in [0.05, 0.1) is 35.1 Å². The molecular weight excluding hydrogens is 607 g/mol. The van der Waals surface area contributed by atoms with Crippen molar-refractivity contribution >= 4 is 57.7 Å². The van der Waals surface area contributed by atoms with E-state index in [9.17, 15) is 14.4 Å². The maximum absolute atomic E-state index is 14.3. The number of para-hydroxylation sites is 1. The van der Waals surface area contributed by atoms with Gasteiger partial charge in [-0.3, -0.25) is 14.2 Å². The molecule has 6 rings (SSSR count). The van der Waals surface area contributed by atoms with E-state index in [1.54, 1.807) is 30.2 Å². The lowest BCUT2D eigenvalue weighted by Crippen LogP contribution is -2.40. The summed E-state index contributed by atoms with van der Waals surface area (Å²) < 4.78 is 14.6. The van der Waals surface area contributed by atoms with Crippen molar-refractivity contribution in [3.8, 4) is 0 Å². The summed E-state index contributed by atoms with van der Waals surface area (Å²) in [6.45, 7) is 4.07. The number of carbonyl (C=O) groups is 2. The highest BCUT2D eigenvalue weighted by atomic mass is 32.2. The van der Waals surface area contributed by atoms with Crippen LogP contribution in [0.1, 0.15) is 36.6 Å². The first-order valence-corrected chi connectivity index (χ1v) is 16.6. The molecule has 0 saturated heterocycles. The molecule has 1 aliphatic rings. The van der Waals surface area contributed by atoms with Gasteiger partial charge < -0.3 is 14.0 Å². The van der Waals surface area contributed by atoms with Crippen LogP contribution < -0.4 is 14.9 Å². The molecule has 5 aromatic rings. The summed E-state index contributed by atoms with van der Waals surface area (Å²) in [7, 11) is 0. The van der Waals surface area contributed by atoms with Gasteiger partial charge in [0.2, 0.25) is 0 Å². The first kappa shape index (κ1) is 30.4. The molecule has 2 aromatic heterocycles.